The highest BCUT2D eigenvalue weighted by Crippen LogP contribution is 2.41. The fourth-order valence-electron chi connectivity index (χ4n) is 5.36. The molecule has 2 aromatic carbocycles. The number of aliphatic hydroxyl groups is 1. The lowest BCUT2D eigenvalue weighted by Gasteiger charge is -2.27. The van der Waals surface area contributed by atoms with Crippen LogP contribution in [-0.4, -0.2) is 62.2 Å². The molecular weight excluding hydrogens is 504 g/mol. The van der Waals surface area contributed by atoms with E-state index in [0.717, 1.165) is 19.6 Å². The minimum atomic E-state index is -0.773. The van der Waals surface area contributed by atoms with E-state index in [4.69, 9.17) is 4.74 Å². The van der Waals surface area contributed by atoms with Crippen LogP contribution >= 0.6 is 0 Å². The maximum absolute atomic E-state index is 13.6. The first-order chi connectivity index (χ1) is 19.4. The highest BCUT2D eigenvalue weighted by atomic mass is 16.5. The molecule has 8 heteroatoms. The summed E-state index contributed by atoms with van der Waals surface area (Å²) in [6.07, 6.45) is 2.48. The number of pyridine rings is 1. The molecule has 1 aliphatic heterocycles. The number of hydrogen-bond donors (Lipinski definition) is 1. The third-order valence-electron chi connectivity index (χ3n) is 7.39. The highest BCUT2D eigenvalue weighted by molar-refractivity contribution is 6.46. The fourth-order valence-corrected chi connectivity index (χ4v) is 5.36. The molecule has 1 aliphatic rings. The largest absolute Gasteiger partial charge is 0.505 e. The van der Waals surface area contributed by atoms with Crippen LogP contribution in [0.4, 0.5) is 0 Å². The molecule has 5 rings (SSSR count). The maximum atomic E-state index is 13.6. The zero-order valence-electron chi connectivity index (χ0n) is 23.1. The van der Waals surface area contributed by atoms with Gasteiger partial charge in [-0.05, 0) is 74.9 Å². The predicted octanol–water partition coefficient (Wildman–Crippen LogP) is 5.59. The SMILES string of the molecule is CCN(CC)CCCN1C(=O)C(=O)/C(=C(/O)c2c(C)nc3ccccn23)C1c1cccc(Oc2ccccc2)c1. The van der Waals surface area contributed by atoms with Gasteiger partial charge in [0.2, 0.25) is 0 Å². The third kappa shape index (κ3) is 5.22. The van der Waals surface area contributed by atoms with Crippen molar-refractivity contribution in [2.75, 3.05) is 26.2 Å². The number of carbonyl (C=O) groups excluding carboxylic acids is 2. The molecule has 1 unspecified atom stereocenters. The van der Waals surface area contributed by atoms with E-state index in [1.807, 2.05) is 72.8 Å². The lowest BCUT2D eigenvalue weighted by Crippen LogP contribution is -2.33. The second-order valence-corrected chi connectivity index (χ2v) is 9.84. The van der Waals surface area contributed by atoms with Crippen LogP contribution in [0.3, 0.4) is 0 Å². The van der Waals surface area contributed by atoms with Crippen molar-refractivity contribution < 1.29 is 19.4 Å². The van der Waals surface area contributed by atoms with Gasteiger partial charge in [0.25, 0.3) is 11.7 Å². The number of fused-ring (bicyclic) bond motifs is 1. The fraction of sp³-hybridized carbons (Fsp3) is 0.281. The van der Waals surface area contributed by atoms with Crippen LogP contribution in [0.2, 0.25) is 0 Å². The van der Waals surface area contributed by atoms with Crippen molar-refractivity contribution >= 4 is 23.1 Å². The van der Waals surface area contributed by atoms with Gasteiger partial charge in [-0.15, -0.1) is 0 Å². The van der Waals surface area contributed by atoms with Crippen molar-refractivity contribution in [2.24, 2.45) is 0 Å². The van der Waals surface area contributed by atoms with Crippen molar-refractivity contribution in [3.63, 3.8) is 0 Å². The second kappa shape index (κ2) is 11.8. The first-order valence-corrected chi connectivity index (χ1v) is 13.7. The quantitative estimate of drug-likeness (QED) is 0.161. The monoisotopic (exact) mass is 538 g/mol. The van der Waals surface area contributed by atoms with E-state index in [9.17, 15) is 14.7 Å². The first-order valence-electron chi connectivity index (χ1n) is 13.7. The molecule has 1 fully saturated rings. The minimum Gasteiger partial charge on any atom is -0.505 e. The normalized spacial score (nSPS) is 16.8. The van der Waals surface area contributed by atoms with E-state index >= 15 is 0 Å². The molecular formula is C32H34N4O4. The van der Waals surface area contributed by atoms with Gasteiger partial charge in [0.05, 0.1) is 17.3 Å². The molecule has 3 heterocycles. The zero-order valence-corrected chi connectivity index (χ0v) is 23.1. The predicted molar refractivity (Wildman–Crippen MR) is 154 cm³/mol. The summed E-state index contributed by atoms with van der Waals surface area (Å²) in [5.41, 5.74) is 2.35. The number of nitrogens with zero attached hydrogens (tertiary/aromatic N) is 4. The van der Waals surface area contributed by atoms with Crippen LogP contribution in [0.1, 0.15) is 43.3 Å². The van der Waals surface area contributed by atoms with Crippen LogP contribution in [0.25, 0.3) is 11.4 Å². The van der Waals surface area contributed by atoms with E-state index in [2.05, 4.69) is 23.7 Å². The van der Waals surface area contributed by atoms with E-state index in [0.29, 0.717) is 47.1 Å². The molecule has 0 bridgehead atoms. The summed E-state index contributed by atoms with van der Waals surface area (Å²) in [5, 5.41) is 11.7. The van der Waals surface area contributed by atoms with Gasteiger partial charge in [-0.25, -0.2) is 4.98 Å². The average molecular weight is 539 g/mol. The van der Waals surface area contributed by atoms with Crippen LogP contribution in [0.5, 0.6) is 11.5 Å². The van der Waals surface area contributed by atoms with E-state index in [-0.39, 0.29) is 11.3 Å². The highest BCUT2D eigenvalue weighted by Gasteiger charge is 2.46. The molecule has 40 heavy (non-hydrogen) atoms. The third-order valence-corrected chi connectivity index (χ3v) is 7.39. The van der Waals surface area contributed by atoms with E-state index in [1.165, 1.54) is 0 Å². The lowest BCUT2D eigenvalue weighted by molar-refractivity contribution is -0.140. The first kappa shape index (κ1) is 27.1. The average Bonchev–Trinajstić information content (AvgIpc) is 3.44. The van der Waals surface area contributed by atoms with Gasteiger partial charge in [-0.1, -0.05) is 50.2 Å². The molecule has 8 nitrogen and oxygen atoms in total. The molecule has 2 aromatic heterocycles. The summed E-state index contributed by atoms with van der Waals surface area (Å²) in [7, 11) is 0. The number of para-hydroxylation sites is 1. The van der Waals surface area contributed by atoms with Gasteiger partial charge >= 0.3 is 0 Å². The Hall–Kier alpha value is -4.43. The number of likely N-dealkylation sites (tertiary alicyclic amines) is 1. The number of hydrogen-bond acceptors (Lipinski definition) is 6. The number of aryl methyl sites for hydroxylation is 1. The summed E-state index contributed by atoms with van der Waals surface area (Å²) in [6.45, 7) is 8.98. The lowest BCUT2D eigenvalue weighted by atomic mass is 9.96. The van der Waals surface area contributed by atoms with Gasteiger partial charge < -0.3 is 19.6 Å². The number of rotatable bonds is 10. The van der Waals surface area contributed by atoms with Crippen molar-refractivity contribution in [3.8, 4) is 11.5 Å². The molecule has 0 radical (unpaired) electrons. The minimum absolute atomic E-state index is 0.0541. The summed E-state index contributed by atoms with van der Waals surface area (Å²) in [4.78, 5) is 35.5. The summed E-state index contributed by atoms with van der Waals surface area (Å²) < 4.78 is 7.81. The van der Waals surface area contributed by atoms with Crippen molar-refractivity contribution in [3.05, 3.63) is 102 Å². The Morgan fingerprint density at radius 3 is 2.45 bits per heavy atom. The Bertz CT molecular complexity index is 1560. The Morgan fingerprint density at radius 2 is 1.70 bits per heavy atom. The molecule has 0 aliphatic carbocycles. The Labute approximate surface area is 234 Å². The maximum Gasteiger partial charge on any atom is 0.295 e. The zero-order chi connectivity index (χ0) is 28.2. The number of imidazole rings is 1. The van der Waals surface area contributed by atoms with Crippen LogP contribution in [-0.2, 0) is 9.59 Å². The molecule has 0 spiro atoms. The number of Topliss-reactive ketones (excluding diaryl/α,β-unsaturated/α-hetero) is 1. The van der Waals surface area contributed by atoms with E-state index < -0.39 is 17.7 Å². The summed E-state index contributed by atoms with van der Waals surface area (Å²) >= 11 is 0. The topological polar surface area (TPSA) is 87.4 Å². The molecule has 206 valence electrons. The van der Waals surface area contributed by atoms with Gasteiger partial charge in [0.1, 0.15) is 22.8 Å². The number of carbonyl (C=O) groups is 2. The number of ether oxygens (including phenoxy) is 1. The number of ketones is 1. The molecule has 1 atom stereocenters. The Kier molecular flexibility index (Phi) is 7.98. The van der Waals surface area contributed by atoms with Crippen molar-refractivity contribution in [1.82, 2.24) is 19.2 Å². The summed E-state index contributed by atoms with van der Waals surface area (Å²) in [5.74, 6) is -0.310. The number of aromatic nitrogens is 2. The standard InChI is InChI=1S/C32H34N4O4/c1-4-34(5-2)18-12-20-36-29(23-13-11-16-25(21-23)40-24-14-7-6-8-15-24)27(31(38)32(36)39)30(37)28-22(3)33-26-17-9-10-19-35(26)28/h6-11,13-17,19,21,29,37H,4-5,12,18,20H2,1-3H3/b30-27+. The molecule has 0 saturated carbocycles. The summed E-state index contributed by atoms with van der Waals surface area (Å²) in [6, 6.07) is 21.5. The number of amides is 1. The Balaban J connectivity index is 1.60. The van der Waals surface area contributed by atoms with Gasteiger partial charge in [0, 0.05) is 12.7 Å². The van der Waals surface area contributed by atoms with Gasteiger partial charge in [-0.3, -0.25) is 14.0 Å². The van der Waals surface area contributed by atoms with Crippen molar-refractivity contribution in [2.45, 2.75) is 33.2 Å². The molecule has 1 amide bonds. The van der Waals surface area contributed by atoms with Crippen LogP contribution < -0.4 is 4.74 Å². The smallest absolute Gasteiger partial charge is 0.295 e. The van der Waals surface area contributed by atoms with Crippen molar-refractivity contribution in [1.29, 1.82) is 0 Å². The van der Waals surface area contributed by atoms with Crippen LogP contribution in [0, 0.1) is 6.92 Å². The molecule has 1 saturated heterocycles. The van der Waals surface area contributed by atoms with Gasteiger partial charge in [0.15, 0.2) is 5.76 Å². The Morgan fingerprint density at radius 1 is 0.975 bits per heavy atom. The number of aliphatic hydroxyl groups excluding tert-OH is 1. The molecule has 4 aromatic rings. The molecule has 1 N–H and O–H groups in total. The van der Waals surface area contributed by atoms with E-state index in [1.54, 1.807) is 22.4 Å². The number of benzene rings is 2. The second-order valence-electron chi connectivity index (χ2n) is 9.84. The van der Waals surface area contributed by atoms with Gasteiger partial charge in [-0.2, -0.15) is 0 Å². The van der Waals surface area contributed by atoms with Crippen LogP contribution in [0.15, 0.2) is 84.6 Å².